The van der Waals surface area contributed by atoms with Gasteiger partial charge in [0.1, 0.15) is 19.2 Å². The van der Waals surface area contributed by atoms with E-state index < -0.39 is 34.1 Å². The summed E-state index contributed by atoms with van der Waals surface area (Å²) in [4.78, 5) is 11.5. The quantitative estimate of drug-likeness (QED) is 0.281. The number of alkyl halides is 2. The SMILES string of the molecule is CN1CCCC(F)(F)C1.O=COc1ccc(Cl)cc1.[B]C1(O)NS(=O)CC1(O)O. The summed E-state index contributed by atoms with van der Waals surface area (Å²) < 4.78 is 41.8. The molecule has 4 N–H and O–H groups in total. The second kappa shape index (κ2) is 10.8. The van der Waals surface area contributed by atoms with Crippen molar-refractivity contribution in [2.75, 3.05) is 25.9 Å². The first-order valence-corrected chi connectivity index (χ1v) is 10.0. The van der Waals surface area contributed by atoms with Gasteiger partial charge in [0.2, 0.25) is 5.79 Å². The molecule has 2 radical (unpaired) electrons. The van der Waals surface area contributed by atoms with Gasteiger partial charge >= 0.3 is 0 Å². The highest BCUT2D eigenvalue weighted by atomic mass is 35.5. The molecule has 0 amide bonds. The number of likely N-dealkylation sites (tertiary alicyclic amines) is 1. The van der Waals surface area contributed by atoms with E-state index in [4.69, 9.17) is 34.8 Å². The van der Waals surface area contributed by atoms with Crippen molar-refractivity contribution in [2.24, 2.45) is 0 Å². The van der Waals surface area contributed by atoms with Crippen molar-refractivity contribution in [3.05, 3.63) is 29.3 Å². The Morgan fingerprint density at radius 3 is 2.21 bits per heavy atom. The van der Waals surface area contributed by atoms with Crippen LogP contribution in [0.4, 0.5) is 8.78 Å². The Balaban J connectivity index is 0.000000218. The maximum absolute atomic E-state index is 12.4. The molecule has 2 heterocycles. The number of benzene rings is 1. The summed E-state index contributed by atoms with van der Waals surface area (Å²) >= 11 is 5.57. The lowest BCUT2D eigenvalue weighted by Gasteiger charge is -2.28. The number of hydrogen-bond acceptors (Lipinski definition) is 7. The summed E-state index contributed by atoms with van der Waals surface area (Å²) in [6.45, 7) is 1.13. The van der Waals surface area contributed by atoms with Gasteiger partial charge < -0.3 is 25.0 Å². The van der Waals surface area contributed by atoms with E-state index in [2.05, 4.69) is 4.74 Å². The van der Waals surface area contributed by atoms with Crippen molar-refractivity contribution in [1.29, 1.82) is 0 Å². The first-order chi connectivity index (χ1) is 13.3. The second-order valence-electron chi connectivity index (χ2n) is 6.54. The average Bonchev–Trinajstić information content (AvgIpc) is 2.75. The smallest absolute Gasteiger partial charge is 0.298 e. The molecule has 3 rings (SSSR count). The minimum absolute atomic E-state index is 0.0625. The Morgan fingerprint density at radius 1 is 1.31 bits per heavy atom. The highest BCUT2D eigenvalue weighted by Gasteiger charge is 2.51. The van der Waals surface area contributed by atoms with Crippen molar-refractivity contribution in [3.63, 3.8) is 0 Å². The number of nitrogens with zero attached hydrogens (tertiary/aromatic N) is 1. The first-order valence-electron chi connectivity index (χ1n) is 8.32. The van der Waals surface area contributed by atoms with Crippen LogP contribution < -0.4 is 9.46 Å². The van der Waals surface area contributed by atoms with Gasteiger partial charge in [-0.25, -0.2) is 17.7 Å². The maximum atomic E-state index is 12.4. The van der Waals surface area contributed by atoms with Gasteiger partial charge in [0.05, 0.1) is 23.3 Å². The molecule has 0 aromatic heterocycles. The first kappa shape index (κ1) is 25.9. The van der Waals surface area contributed by atoms with E-state index in [9.17, 15) is 17.8 Å². The summed E-state index contributed by atoms with van der Waals surface area (Å²) in [6, 6.07) is 6.55. The Kier molecular flexibility index (Phi) is 9.60. The number of ether oxygens (including phenoxy) is 1. The minimum Gasteiger partial charge on any atom is -0.429 e. The summed E-state index contributed by atoms with van der Waals surface area (Å²) in [5, 5.41) is 27.1. The number of piperidine rings is 1. The third-order valence-corrected chi connectivity index (χ3v) is 5.25. The van der Waals surface area contributed by atoms with Crippen LogP contribution in [0.25, 0.3) is 0 Å². The normalized spacial score (nSPS) is 27.6. The van der Waals surface area contributed by atoms with Crippen LogP contribution in [-0.2, 0) is 15.8 Å². The van der Waals surface area contributed by atoms with Gasteiger partial charge in [-0.05, 0) is 44.3 Å². The summed E-state index contributed by atoms with van der Waals surface area (Å²) in [5.41, 5.74) is -2.38. The van der Waals surface area contributed by atoms with Crippen LogP contribution in [0, 0.1) is 0 Å². The second-order valence-corrected chi connectivity index (χ2v) is 8.16. The van der Waals surface area contributed by atoms with Crippen molar-refractivity contribution >= 4 is 36.9 Å². The van der Waals surface area contributed by atoms with Gasteiger partial charge in [0, 0.05) is 11.4 Å². The van der Waals surface area contributed by atoms with E-state index in [1.807, 2.05) is 4.72 Å². The van der Waals surface area contributed by atoms with Gasteiger partial charge in [-0.2, -0.15) is 0 Å². The number of halogens is 3. The van der Waals surface area contributed by atoms with Gasteiger partial charge in [-0.1, -0.05) is 11.6 Å². The number of carbonyl (C=O) groups excluding carboxylic acids is 1. The van der Waals surface area contributed by atoms with Gasteiger partial charge in [-0.3, -0.25) is 4.79 Å². The molecular weight excluding hydrogens is 433 g/mol. The fraction of sp³-hybridized carbons (Fsp3) is 0.562. The molecule has 2 aliphatic heterocycles. The van der Waals surface area contributed by atoms with Crippen LogP contribution in [0.5, 0.6) is 5.75 Å². The fourth-order valence-corrected chi connectivity index (χ4v) is 3.61. The van der Waals surface area contributed by atoms with Crippen molar-refractivity contribution < 1.29 is 37.8 Å². The van der Waals surface area contributed by atoms with Crippen molar-refractivity contribution in [3.8, 4) is 5.75 Å². The van der Waals surface area contributed by atoms with E-state index in [0.29, 0.717) is 23.7 Å². The monoisotopic (exact) mass is 454 g/mol. The molecule has 29 heavy (non-hydrogen) atoms. The predicted octanol–water partition coefficient (Wildman–Crippen LogP) is -0.0287. The van der Waals surface area contributed by atoms with Crippen LogP contribution in [0.15, 0.2) is 24.3 Å². The Bertz CT molecular complexity index is 678. The van der Waals surface area contributed by atoms with Crippen LogP contribution in [0.1, 0.15) is 12.8 Å². The number of carbonyl (C=O) groups is 1. The van der Waals surface area contributed by atoms with Gasteiger partial charge in [0.25, 0.3) is 12.4 Å². The molecule has 8 nitrogen and oxygen atoms in total. The van der Waals surface area contributed by atoms with Crippen LogP contribution in [0.3, 0.4) is 0 Å². The standard InChI is InChI=1S/C7H5ClO2.C6H11F2N.C3H6BNO4S/c8-6-1-3-7(4-2-6)10-5-9;1-9-4-2-3-6(7,8)5-9;4-3(8)2(6,7)1-10(9)5-3/h1-5H;2-5H2,1H3;5-8H,1H2. The van der Waals surface area contributed by atoms with E-state index in [0.717, 1.165) is 6.54 Å². The minimum atomic E-state index is -2.52. The molecule has 0 bridgehead atoms. The Labute approximate surface area is 175 Å². The Hall–Kier alpha value is -1.15. The zero-order valence-corrected chi connectivity index (χ0v) is 17.1. The van der Waals surface area contributed by atoms with Crippen LogP contribution in [-0.4, -0.2) is 82.0 Å². The van der Waals surface area contributed by atoms with Gasteiger partial charge in [0.15, 0.2) is 0 Å². The lowest BCUT2D eigenvalue weighted by atomic mass is 9.85. The summed E-state index contributed by atoms with van der Waals surface area (Å²) in [6.07, 6.45) is 0.695. The molecule has 2 unspecified atom stereocenters. The molecule has 2 atom stereocenters. The van der Waals surface area contributed by atoms with E-state index >= 15 is 0 Å². The van der Waals surface area contributed by atoms with Gasteiger partial charge in [-0.15, -0.1) is 0 Å². The molecule has 1 aromatic rings. The molecule has 162 valence electrons. The molecule has 0 spiro atoms. The number of nitrogens with one attached hydrogen (secondary N) is 1. The molecular formula is C16H22BClF2N2O6S. The van der Waals surface area contributed by atoms with Crippen molar-refractivity contribution in [2.45, 2.75) is 30.2 Å². The zero-order chi connectivity index (χ0) is 22.3. The third-order valence-electron chi connectivity index (χ3n) is 3.79. The fourth-order valence-electron chi connectivity index (χ4n) is 2.31. The predicted molar refractivity (Wildman–Crippen MR) is 104 cm³/mol. The number of hydrogen-bond donors (Lipinski definition) is 4. The zero-order valence-electron chi connectivity index (χ0n) is 15.6. The van der Waals surface area contributed by atoms with Crippen LogP contribution >= 0.6 is 11.6 Å². The van der Waals surface area contributed by atoms with E-state index in [-0.39, 0.29) is 13.0 Å². The molecule has 0 aliphatic carbocycles. The number of aliphatic hydroxyl groups is 3. The molecule has 2 fully saturated rings. The van der Waals surface area contributed by atoms with Crippen LogP contribution in [0.2, 0.25) is 5.02 Å². The molecule has 2 aliphatic rings. The third kappa shape index (κ3) is 9.03. The molecule has 0 saturated carbocycles. The van der Waals surface area contributed by atoms with E-state index in [1.54, 1.807) is 36.2 Å². The highest BCUT2D eigenvalue weighted by Crippen LogP contribution is 2.25. The molecule has 2 saturated heterocycles. The topological polar surface area (TPSA) is 119 Å². The van der Waals surface area contributed by atoms with Crippen molar-refractivity contribution in [1.82, 2.24) is 9.62 Å². The lowest BCUT2D eigenvalue weighted by molar-refractivity contribution is -0.222. The average molecular weight is 455 g/mol. The molecule has 1 aromatic carbocycles. The van der Waals surface area contributed by atoms with E-state index in [1.165, 1.54) is 0 Å². The summed E-state index contributed by atoms with van der Waals surface area (Å²) in [7, 11) is 4.94. The maximum Gasteiger partial charge on any atom is 0.298 e. The molecule has 13 heteroatoms. The lowest BCUT2D eigenvalue weighted by Crippen LogP contribution is -2.58. The highest BCUT2D eigenvalue weighted by molar-refractivity contribution is 7.83. The number of rotatable bonds is 2. The Morgan fingerprint density at radius 2 is 1.90 bits per heavy atom. The summed E-state index contributed by atoms with van der Waals surface area (Å²) in [5.74, 6) is -4.94. The largest absolute Gasteiger partial charge is 0.429 e.